The average Bonchev–Trinajstić information content (AvgIpc) is 2.87. The second-order valence-electron chi connectivity index (χ2n) is 9.28. The Balaban J connectivity index is 1.54. The fourth-order valence-corrected chi connectivity index (χ4v) is 4.38. The molecule has 186 valence electrons. The first kappa shape index (κ1) is 25.0. The number of anilines is 1. The molecule has 4 rings (SSSR count). The summed E-state index contributed by atoms with van der Waals surface area (Å²) >= 11 is 0. The molecular formula is C29H30N2O5. The molecule has 0 saturated carbocycles. The van der Waals surface area contributed by atoms with Crippen molar-refractivity contribution in [1.82, 2.24) is 0 Å². The highest BCUT2D eigenvalue weighted by Crippen LogP contribution is 2.31. The number of ketones is 1. The van der Waals surface area contributed by atoms with Crippen molar-refractivity contribution >= 4 is 23.1 Å². The summed E-state index contributed by atoms with van der Waals surface area (Å²) < 4.78 is 15.9. The number of fused-ring (bicyclic) bond motifs is 1. The van der Waals surface area contributed by atoms with Crippen LogP contribution in [0.25, 0.3) is 0 Å². The summed E-state index contributed by atoms with van der Waals surface area (Å²) in [5.74, 6) is 1.33. The van der Waals surface area contributed by atoms with Crippen LogP contribution in [0.2, 0.25) is 0 Å². The number of methoxy groups -OCH3 is 3. The molecule has 1 amide bonds. The van der Waals surface area contributed by atoms with Gasteiger partial charge in [-0.1, -0.05) is 18.2 Å². The monoisotopic (exact) mass is 486 g/mol. The van der Waals surface area contributed by atoms with Gasteiger partial charge in [0, 0.05) is 22.4 Å². The van der Waals surface area contributed by atoms with E-state index in [4.69, 9.17) is 19.2 Å². The molecule has 1 aliphatic rings. The second kappa shape index (κ2) is 10.2. The van der Waals surface area contributed by atoms with E-state index in [0.717, 1.165) is 29.0 Å². The molecule has 0 fully saturated rings. The fraction of sp³-hybridized carbons (Fsp3) is 0.276. The van der Waals surface area contributed by atoms with Gasteiger partial charge in [0.2, 0.25) is 0 Å². The maximum atomic E-state index is 13.3. The molecule has 1 aliphatic heterocycles. The summed E-state index contributed by atoms with van der Waals surface area (Å²) in [5.41, 5.74) is 3.96. The average molecular weight is 487 g/mol. The van der Waals surface area contributed by atoms with Gasteiger partial charge in [0.25, 0.3) is 5.91 Å². The number of amides is 1. The number of carbonyl (C=O) groups excluding carboxylic acids is 2. The lowest BCUT2D eigenvalue weighted by Crippen LogP contribution is -2.30. The Labute approximate surface area is 211 Å². The van der Waals surface area contributed by atoms with Crippen molar-refractivity contribution in [2.24, 2.45) is 4.99 Å². The third-order valence-electron chi connectivity index (χ3n) is 6.10. The normalized spacial score (nSPS) is 13.8. The minimum absolute atomic E-state index is 0.0811. The Morgan fingerprint density at radius 3 is 2.39 bits per heavy atom. The van der Waals surface area contributed by atoms with Crippen LogP contribution in [0.1, 0.15) is 52.1 Å². The van der Waals surface area contributed by atoms with Crippen LogP contribution < -0.4 is 19.5 Å². The predicted molar refractivity (Wildman–Crippen MR) is 140 cm³/mol. The van der Waals surface area contributed by atoms with Gasteiger partial charge in [-0.2, -0.15) is 0 Å². The van der Waals surface area contributed by atoms with E-state index in [-0.39, 0.29) is 23.7 Å². The maximum Gasteiger partial charge on any atom is 0.255 e. The van der Waals surface area contributed by atoms with Crippen molar-refractivity contribution in [1.29, 1.82) is 0 Å². The number of benzene rings is 3. The first-order chi connectivity index (χ1) is 17.2. The summed E-state index contributed by atoms with van der Waals surface area (Å²) in [7, 11) is 4.67. The Bertz CT molecular complexity index is 1340. The zero-order valence-electron chi connectivity index (χ0n) is 21.2. The zero-order valence-corrected chi connectivity index (χ0v) is 21.2. The van der Waals surface area contributed by atoms with E-state index < -0.39 is 0 Å². The molecule has 0 aliphatic carbocycles. The van der Waals surface area contributed by atoms with Crippen molar-refractivity contribution in [3.8, 4) is 17.2 Å². The van der Waals surface area contributed by atoms with Gasteiger partial charge in [-0.05, 0) is 68.3 Å². The maximum absolute atomic E-state index is 13.3. The molecule has 3 aromatic rings. The first-order valence-electron chi connectivity index (χ1n) is 11.7. The predicted octanol–water partition coefficient (Wildman–Crippen LogP) is 5.36. The number of hydrogen-bond acceptors (Lipinski definition) is 6. The van der Waals surface area contributed by atoms with Crippen LogP contribution in [0, 0.1) is 0 Å². The van der Waals surface area contributed by atoms with Crippen molar-refractivity contribution in [2.75, 3.05) is 26.6 Å². The first-order valence-corrected chi connectivity index (χ1v) is 11.7. The number of carbonyl (C=O) groups is 2. The molecule has 0 saturated heterocycles. The number of Topliss-reactive ketones (excluding diaryl/α,β-unsaturated/α-hetero) is 1. The molecule has 0 radical (unpaired) electrons. The Hall–Kier alpha value is -4.13. The molecule has 0 aromatic heterocycles. The van der Waals surface area contributed by atoms with Crippen LogP contribution in [0.15, 0.2) is 65.7 Å². The SMILES string of the molecule is COc1ccc2c(c1)C(CC(=O)c1cccc(NC(=O)c3ccc(OC)c(OC)c3)c1)=NC(C)(C)C2. The standard InChI is InChI=1S/C29H30N2O5/c1-29(2)17-20-9-11-22(34-3)15-23(20)24(31-29)16-25(32)18-7-6-8-21(13-18)30-28(33)19-10-12-26(35-4)27(14-19)36-5/h6-15H,16-17H2,1-5H3,(H,30,33). The Morgan fingerprint density at radius 2 is 1.67 bits per heavy atom. The van der Waals surface area contributed by atoms with Crippen LogP contribution >= 0.6 is 0 Å². The molecule has 36 heavy (non-hydrogen) atoms. The number of nitrogens with one attached hydrogen (secondary N) is 1. The van der Waals surface area contributed by atoms with E-state index in [1.54, 1.807) is 49.6 Å². The van der Waals surface area contributed by atoms with Gasteiger partial charge in [0.05, 0.1) is 39.0 Å². The number of ether oxygens (including phenoxy) is 3. The van der Waals surface area contributed by atoms with Gasteiger partial charge >= 0.3 is 0 Å². The molecule has 0 spiro atoms. The van der Waals surface area contributed by atoms with E-state index in [1.165, 1.54) is 14.2 Å². The minimum atomic E-state index is -0.319. The third-order valence-corrected chi connectivity index (χ3v) is 6.10. The molecule has 1 N–H and O–H groups in total. The van der Waals surface area contributed by atoms with Crippen LogP contribution in [0.3, 0.4) is 0 Å². The van der Waals surface area contributed by atoms with Crippen molar-refractivity contribution in [2.45, 2.75) is 32.2 Å². The number of rotatable bonds is 8. The summed E-state index contributed by atoms with van der Waals surface area (Å²) in [6, 6.07) is 17.8. The van der Waals surface area contributed by atoms with Gasteiger partial charge in [0.1, 0.15) is 5.75 Å². The van der Waals surface area contributed by atoms with Gasteiger partial charge < -0.3 is 19.5 Å². The molecule has 3 aromatic carbocycles. The number of nitrogens with zero attached hydrogens (tertiary/aromatic N) is 1. The molecule has 7 nitrogen and oxygen atoms in total. The van der Waals surface area contributed by atoms with Crippen molar-refractivity contribution < 1.29 is 23.8 Å². The Kier molecular flexibility index (Phi) is 7.10. The smallest absolute Gasteiger partial charge is 0.255 e. The highest BCUT2D eigenvalue weighted by Gasteiger charge is 2.28. The van der Waals surface area contributed by atoms with Crippen LogP contribution in [-0.2, 0) is 6.42 Å². The van der Waals surface area contributed by atoms with Crippen molar-refractivity contribution in [3.63, 3.8) is 0 Å². The largest absolute Gasteiger partial charge is 0.497 e. The molecule has 7 heteroatoms. The van der Waals surface area contributed by atoms with E-state index in [2.05, 4.69) is 19.2 Å². The number of aliphatic imine (C=N–C) groups is 1. The lowest BCUT2D eigenvalue weighted by Gasteiger charge is -2.29. The van der Waals surface area contributed by atoms with Gasteiger partial charge in [-0.25, -0.2) is 0 Å². The second-order valence-corrected chi connectivity index (χ2v) is 9.28. The minimum Gasteiger partial charge on any atom is -0.497 e. The summed E-state index contributed by atoms with van der Waals surface area (Å²) in [4.78, 5) is 31.0. The fourth-order valence-electron chi connectivity index (χ4n) is 4.38. The highest BCUT2D eigenvalue weighted by atomic mass is 16.5. The van der Waals surface area contributed by atoms with E-state index >= 15 is 0 Å². The van der Waals surface area contributed by atoms with E-state index in [0.29, 0.717) is 28.3 Å². The molecule has 0 atom stereocenters. The van der Waals surface area contributed by atoms with Gasteiger partial charge in [-0.3, -0.25) is 14.6 Å². The topological polar surface area (TPSA) is 86.2 Å². The van der Waals surface area contributed by atoms with Crippen molar-refractivity contribution in [3.05, 3.63) is 82.9 Å². The van der Waals surface area contributed by atoms with Gasteiger partial charge in [0.15, 0.2) is 17.3 Å². The summed E-state index contributed by atoms with van der Waals surface area (Å²) in [6.45, 7) is 4.13. The third kappa shape index (κ3) is 5.40. The molecule has 0 bridgehead atoms. The zero-order chi connectivity index (χ0) is 25.9. The summed E-state index contributed by atoms with van der Waals surface area (Å²) in [5, 5.41) is 2.86. The van der Waals surface area contributed by atoms with E-state index in [1.807, 2.05) is 18.2 Å². The highest BCUT2D eigenvalue weighted by molar-refractivity contribution is 6.17. The van der Waals surface area contributed by atoms with Gasteiger partial charge in [-0.15, -0.1) is 0 Å². The van der Waals surface area contributed by atoms with Crippen LogP contribution in [0.4, 0.5) is 5.69 Å². The lowest BCUT2D eigenvalue weighted by molar-refractivity contribution is 0.0996. The van der Waals surface area contributed by atoms with Crippen LogP contribution in [0.5, 0.6) is 17.2 Å². The van der Waals surface area contributed by atoms with E-state index in [9.17, 15) is 9.59 Å². The van der Waals surface area contributed by atoms with Crippen LogP contribution in [-0.4, -0.2) is 44.3 Å². The molecule has 0 unspecified atom stereocenters. The molecular weight excluding hydrogens is 456 g/mol. The number of hydrogen-bond donors (Lipinski definition) is 1. The quantitative estimate of drug-likeness (QED) is 0.433. The lowest BCUT2D eigenvalue weighted by atomic mass is 9.85. The Morgan fingerprint density at radius 1 is 0.889 bits per heavy atom. The molecule has 1 heterocycles. The summed E-state index contributed by atoms with van der Waals surface area (Å²) in [6.07, 6.45) is 0.943.